The number of carbonyl (C=O) groups excluding carboxylic acids is 1. The van der Waals surface area contributed by atoms with Crippen molar-refractivity contribution in [2.45, 2.75) is 0 Å². The Kier molecular flexibility index (Phi) is 2.33. The van der Waals surface area contributed by atoms with Crippen molar-refractivity contribution in [3.05, 3.63) is 11.5 Å². The number of rotatable bonds is 2. The quantitative estimate of drug-likeness (QED) is 0.554. The number of primary amides is 1. The van der Waals surface area contributed by atoms with E-state index in [1.165, 1.54) is 6.26 Å². The fourth-order valence-corrected chi connectivity index (χ4v) is 0.795. The van der Waals surface area contributed by atoms with Gasteiger partial charge in [0.1, 0.15) is 0 Å². The van der Waals surface area contributed by atoms with E-state index in [0.717, 1.165) is 0 Å². The van der Waals surface area contributed by atoms with Crippen molar-refractivity contribution in [1.82, 2.24) is 0 Å². The van der Waals surface area contributed by atoms with Crippen LogP contribution in [-0.2, 0) is 24.5 Å². The monoisotopic (exact) mass is 165 g/mol. The summed E-state index contributed by atoms with van der Waals surface area (Å²) in [4.78, 5) is 10.0. The maximum atomic E-state index is 10.7. The van der Waals surface area contributed by atoms with Crippen molar-refractivity contribution in [2.24, 2.45) is 5.73 Å². The Morgan fingerprint density at radius 3 is 2.11 bits per heavy atom. The topological polar surface area (TPSA) is 60.2 Å². The highest BCUT2D eigenvalue weighted by Gasteiger charge is 2.09. The van der Waals surface area contributed by atoms with Crippen LogP contribution >= 0.6 is 0 Å². The largest absolute Gasteiger partial charge is 0.365 e. The Morgan fingerprint density at radius 1 is 1.78 bits per heavy atom. The molecule has 0 fully saturated rings. The van der Waals surface area contributed by atoms with Crippen LogP contribution < -0.4 is 5.73 Å². The normalized spacial score (nSPS) is 16.1. The molecule has 0 aliphatic rings. The van der Waals surface area contributed by atoms with Crippen LogP contribution in [0.15, 0.2) is 11.5 Å². The molecule has 0 heterocycles. The van der Waals surface area contributed by atoms with E-state index in [2.05, 4.69) is 17.8 Å². The number of carbonyl (C=O) groups is 1. The fraction of sp³-hybridized carbons (Fsp3) is 0.250. The summed E-state index contributed by atoms with van der Waals surface area (Å²) in [5, 5.41) is 0. The first-order valence-corrected chi connectivity index (χ1v) is 4.93. The molecule has 0 aromatic heterocycles. The van der Waals surface area contributed by atoms with E-state index in [4.69, 9.17) is 5.73 Å². The van der Waals surface area contributed by atoms with E-state index in [0.29, 0.717) is 0 Å². The highest BCUT2D eigenvalue weighted by Crippen LogP contribution is 1.98. The summed E-state index contributed by atoms with van der Waals surface area (Å²) >= 11 is 4.41. The van der Waals surface area contributed by atoms with Gasteiger partial charge >= 0.3 is 0 Å². The summed E-state index contributed by atoms with van der Waals surface area (Å²) in [6.07, 6.45) is 1.25. The molecule has 0 spiro atoms. The van der Waals surface area contributed by atoms with Gasteiger partial charge in [-0.1, -0.05) is 6.58 Å². The van der Waals surface area contributed by atoms with E-state index in [-0.39, 0.29) is 4.91 Å². The molecule has 0 aromatic rings. The van der Waals surface area contributed by atoms with Gasteiger partial charge in [-0.05, 0) is 11.2 Å². The summed E-state index contributed by atoms with van der Waals surface area (Å²) < 4.78 is 10.7. The number of hydrogen-bond donors (Lipinski definition) is 1. The van der Waals surface area contributed by atoms with Gasteiger partial charge in [0.05, 0.1) is 13.4 Å². The summed E-state index contributed by atoms with van der Waals surface area (Å²) in [5.41, 5.74) is 4.74. The molecule has 9 heavy (non-hydrogen) atoms. The zero-order chi connectivity index (χ0) is 7.65. The lowest BCUT2D eigenvalue weighted by atomic mass is 10.6. The van der Waals surface area contributed by atoms with Gasteiger partial charge in [-0.15, -0.1) is 0 Å². The molecular weight excluding hydrogens is 158 g/mol. The van der Waals surface area contributed by atoms with Gasteiger partial charge in [0.2, 0.25) is 0 Å². The van der Waals surface area contributed by atoms with Crippen molar-refractivity contribution in [1.29, 1.82) is 0 Å². The minimum atomic E-state index is -2.64. The Morgan fingerprint density at radius 2 is 2.11 bits per heavy atom. The first-order chi connectivity index (χ1) is 3.85. The van der Waals surface area contributed by atoms with E-state index >= 15 is 0 Å². The summed E-state index contributed by atoms with van der Waals surface area (Å²) in [6, 6.07) is 0. The average molecular weight is 165 g/mol. The number of nitrogens with two attached hydrogens (primary N) is 1. The predicted octanol–water partition coefficient (Wildman–Crippen LogP) is -0.639. The molecule has 0 aliphatic carbocycles. The molecule has 0 aromatic carbocycles. The van der Waals surface area contributed by atoms with Crippen LogP contribution in [0.25, 0.3) is 0 Å². The van der Waals surface area contributed by atoms with E-state index < -0.39 is 14.4 Å². The lowest BCUT2D eigenvalue weighted by molar-refractivity contribution is -0.113. The van der Waals surface area contributed by atoms with E-state index in [1.807, 2.05) is 0 Å². The van der Waals surface area contributed by atoms with Crippen LogP contribution in [0.2, 0.25) is 0 Å². The number of amides is 1. The van der Waals surface area contributed by atoms with Crippen LogP contribution in [-0.4, -0.2) is 16.4 Å². The van der Waals surface area contributed by atoms with Crippen LogP contribution in [0.4, 0.5) is 0 Å². The second-order valence-corrected chi connectivity index (χ2v) is 5.50. The molecule has 1 amide bonds. The van der Waals surface area contributed by atoms with Crippen molar-refractivity contribution in [3.63, 3.8) is 0 Å². The molecule has 0 aliphatic heterocycles. The SMILES string of the molecule is C=C(C(N)=O)S(C)(=O)=S. The third-order valence-corrected chi connectivity index (χ3v) is 2.42. The van der Waals surface area contributed by atoms with Crippen LogP contribution in [0.5, 0.6) is 0 Å². The number of hydrogen-bond acceptors (Lipinski definition) is 3. The Labute approximate surface area is 58.6 Å². The van der Waals surface area contributed by atoms with Crippen LogP contribution in [0, 0.1) is 0 Å². The van der Waals surface area contributed by atoms with E-state index in [9.17, 15) is 9.00 Å². The molecule has 1 unspecified atom stereocenters. The minimum Gasteiger partial charge on any atom is -0.365 e. The molecule has 1 atom stereocenters. The highest BCUT2D eigenvalue weighted by atomic mass is 32.8. The van der Waals surface area contributed by atoms with Gasteiger partial charge in [-0.25, -0.2) is 0 Å². The third kappa shape index (κ3) is 2.57. The van der Waals surface area contributed by atoms with Crippen molar-refractivity contribution >= 4 is 25.6 Å². The molecule has 0 rings (SSSR count). The Balaban J connectivity index is 4.66. The zero-order valence-electron chi connectivity index (χ0n) is 4.92. The summed E-state index contributed by atoms with van der Waals surface area (Å²) in [7, 11) is -2.64. The average Bonchev–Trinajstić information content (AvgIpc) is 1.62. The van der Waals surface area contributed by atoms with Gasteiger partial charge in [0.15, 0.2) is 0 Å². The first kappa shape index (κ1) is 8.58. The van der Waals surface area contributed by atoms with Crippen molar-refractivity contribution < 1.29 is 9.00 Å². The predicted molar refractivity (Wildman–Crippen MR) is 39.8 cm³/mol. The zero-order valence-corrected chi connectivity index (χ0v) is 6.55. The van der Waals surface area contributed by atoms with Gasteiger partial charge in [0.25, 0.3) is 5.91 Å². The summed E-state index contributed by atoms with van der Waals surface area (Å²) in [5.74, 6) is -0.794. The molecule has 52 valence electrons. The standard InChI is InChI=1S/C4H7NO2S2/c1-3(4(5)6)9(2,7)8/h1H2,2H3,(H2,5,6). The van der Waals surface area contributed by atoms with E-state index in [1.54, 1.807) is 0 Å². The highest BCUT2D eigenvalue weighted by molar-refractivity contribution is 8.35. The third-order valence-electron chi connectivity index (χ3n) is 0.722. The molecule has 0 saturated heterocycles. The smallest absolute Gasteiger partial charge is 0.257 e. The van der Waals surface area contributed by atoms with Crippen molar-refractivity contribution in [3.8, 4) is 0 Å². The molecular formula is C4H7NO2S2. The maximum absolute atomic E-state index is 10.7. The minimum absolute atomic E-state index is 0.183. The molecule has 3 nitrogen and oxygen atoms in total. The second-order valence-electron chi connectivity index (χ2n) is 1.56. The molecule has 0 saturated carbocycles. The van der Waals surface area contributed by atoms with Gasteiger partial charge in [-0.2, -0.15) is 0 Å². The van der Waals surface area contributed by atoms with Gasteiger partial charge in [0, 0.05) is 6.26 Å². The molecule has 0 bridgehead atoms. The van der Waals surface area contributed by atoms with Crippen LogP contribution in [0.1, 0.15) is 0 Å². The van der Waals surface area contributed by atoms with Crippen LogP contribution in [0.3, 0.4) is 0 Å². The lowest BCUT2D eigenvalue weighted by Gasteiger charge is -1.96. The fourth-order valence-electron chi connectivity index (χ4n) is 0.183. The van der Waals surface area contributed by atoms with Crippen molar-refractivity contribution in [2.75, 3.05) is 6.26 Å². The first-order valence-electron chi connectivity index (χ1n) is 2.04. The van der Waals surface area contributed by atoms with Gasteiger partial charge < -0.3 is 5.73 Å². The second kappa shape index (κ2) is 2.45. The van der Waals surface area contributed by atoms with Gasteiger partial charge in [-0.3, -0.25) is 9.00 Å². The molecule has 5 heteroatoms. The molecule has 0 radical (unpaired) electrons. The Hall–Kier alpha value is -0.420. The molecule has 2 N–H and O–H groups in total. The Bertz CT molecular complexity index is 239. The lowest BCUT2D eigenvalue weighted by Crippen LogP contribution is -2.18. The maximum Gasteiger partial charge on any atom is 0.257 e. The summed E-state index contributed by atoms with van der Waals surface area (Å²) in [6.45, 7) is 3.17.